The lowest BCUT2D eigenvalue weighted by Gasteiger charge is -2.31. The van der Waals surface area contributed by atoms with Crippen LogP contribution in [-0.4, -0.2) is 218 Å². The second-order valence-corrected chi connectivity index (χ2v) is 42.7. The highest BCUT2D eigenvalue weighted by Crippen LogP contribution is 2.38. The standard InChI is InChI=1S/C19H34N2OS.C18H32N2OS.2C17H30N2OS.C16H28N2OS.C12H20N2O2S/c1-7-11-21(12-8-2)14-10-9-13-20(6)16-15(19(3,4)5)17(22)18(16)23;1-7-11-20(8-2)13-10-9-12-19(6)15-14(18(3,4)5)16(21)17(15)22;1-7-10-18(5)11-8-9-12-19(6)14-13(17(2,3)4)15(20)16(14)21;1-7-19(8-2)12-10-9-11-18(6)14-13(17(3,4)5)15(20)16(14)21;1-7-17(5)10-8-9-11-18(6)13-12(16(2,3)4)14(19)15(13)20;1-12(2,3)8-9(11(17)10(8)15)14-5-7-16-6-4-13/h7-14H2,1-6H3;7-13H2,1-6H3;2*7-12H2,1-6H3;7-11H2,1-6H3;14H,4-7,13H2,1-3H3. The summed E-state index contributed by atoms with van der Waals surface area (Å²) in [5, 5.41) is 3.17. The van der Waals surface area contributed by atoms with Crippen LogP contribution in [0.5, 0.6) is 0 Å². The number of nitrogens with two attached hydrogens (primary N) is 1. The molecule has 0 unspecified atom stereocenters. The van der Waals surface area contributed by atoms with E-state index in [-0.39, 0.29) is 65.1 Å². The van der Waals surface area contributed by atoms with Gasteiger partial charge in [0.25, 0.3) is 0 Å². The summed E-state index contributed by atoms with van der Waals surface area (Å²) in [5.41, 5.74) is 16.0. The molecule has 0 fully saturated rings. The van der Waals surface area contributed by atoms with Gasteiger partial charge in [-0.3, -0.25) is 28.8 Å². The highest BCUT2D eigenvalue weighted by Gasteiger charge is 2.35. The highest BCUT2D eigenvalue weighted by molar-refractivity contribution is 7.72. The first-order valence-electron chi connectivity index (χ1n) is 46.6. The van der Waals surface area contributed by atoms with Crippen LogP contribution in [0.1, 0.15) is 303 Å². The molecule has 19 nitrogen and oxygen atoms in total. The summed E-state index contributed by atoms with van der Waals surface area (Å²) >= 11 is 31.3. The number of ether oxygens (including phenoxy) is 1. The third-order valence-electron chi connectivity index (χ3n) is 22.9. The Morgan fingerprint density at radius 1 is 0.274 bits per heavy atom. The smallest absolute Gasteiger partial charge is 0.204 e. The van der Waals surface area contributed by atoms with Crippen molar-refractivity contribution in [1.82, 2.24) is 24.5 Å². The molecule has 0 radical (unpaired) electrons. The largest absolute Gasteiger partial charge is 0.381 e. The van der Waals surface area contributed by atoms with Crippen LogP contribution in [0.3, 0.4) is 0 Å². The van der Waals surface area contributed by atoms with Gasteiger partial charge in [0, 0.05) is 114 Å². The van der Waals surface area contributed by atoms with Gasteiger partial charge in [-0.2, -0.15) is 0 Å². The van der Waals surface area contributed by atoms with Gasteiger partial charge >= 0.3 is 0 Å². The van der Waals surface area contributed by atoms with Crippen molar-refractivity contribution >= 4 is 107 Å². The summed E-state index contributed by atoms with van der Waals surface area (Å²) in [5.74, 6) is 0. The minimum atomic E-state index is -0.167. The molecule has 0 aliphatic rings. The number of hydrogen-bond acceptors (Lipinski definition) is 25. The third kappa shape index (κ3) is 36.3. The second-order valence-electron chi connectivity index (χ2n) is 40.3. The fraction of sp³-hybridized carbons (Fsp3) is 0.758. The minimum Gasteiger partial charge on any atom is -0.381 e. The van der Waals surface area contributed by atoms with Crippen LogP contribution >= 0.6 is 73.3 Å². The number of anilines is 6. The lowest BCUT2D eigenvalue weighted by Crippen LogP contribution is -2.35. The van der Waals surface area contributed by atoms with E-state index in [4.69, 9.17) is 83.8 Å². The summed E-state index contributed by atoms with van der Waals surface area (Å²) in [6, 6.07) is 0. The zero-order valence-electron chi connectivity index (χ0n) is 84.3. The Kier molecular flexibility index (Phi) is 52.7. The van der Waals surface area contributed by atoms with E-state index in [1.165, 1.54) is 84.0 Å². The molecule has 0 heterocycles. The zero-order valence-corrected chi connectivity index (χ0v) is 89.2. The van der Waals surface area contributed by atoms with Gasteiger partial charge in [0.15, 0.2) is 0 Å². The molecule has 0 saturated carbocycles. The van der Waals surface area contributed by atoms with Crippen molar-refractivity contribution in [2.45, 2.75) is 302 Å². The SMILES string of the molecule is CC(C)(C)c1c(NCCOCCN)c(=S)c1=O.CCCN(C)CCCCN(C)c1c(C(C)(C)C)c(=O)c1=S.CCCN(CC)CCCCN(C)c1c(C(C)(C)C)c(=O)c1=S.CCCN(CCC)CCCCN(C)c1c(C(C)(C)C)c(=O)c1=S.CCN(C)CCCCN(C)c1c(C(C)(C)C)c(=O)c1=S.CCN(CC)CCCCN(C)c1c(C(C)(C)C)c(=O)c1=S. The van der Waals surface area contributed by atoms with Crippen LogP contribution in [0.2, 0.25) is 0 Å². The van der Waals surface area contributed by atoms with Crippen molar-refractivity contribution in [3.8, 4) is 0 Å². The minimum absolute atomic E-state index is 0.00197. The van der Waals surface area contributed by atoms with E-state index >= 15 is 0 Å². The zero-order chi connectivity index (χ0) is 95.5. The molecule has 124 heavy (non-hydrogen) atoms. The quantitative estimate of drug-likeness (QED) is 0.0271. The van der Waals surface area contributed by atoms with Crippen molar-refractivity contribution in [1.29, 1.82) is 0 Å². The van der Waals surface area contributed by atoms with Gasteiger partial charge in [-0.05, 0) is 222 Å². The predicted octanol–water partition coefficient (Wildman–Crippen LogP) is 19.7. The number of rotatable bonds is 48. The first-order chi connectivity index (χ1) is 57.5. The summed E-state index contributed by atoms with van der Waals surface area (Å²) in [6.45, 7) is 77.0. The first kappa shape index (κ1) is 118. The van der Waals surface area contributed by atoms with Gasteiger partial charge < -0.3 is 64.8 Å². The average Bonchev–Trinajstić information content (AvgIpc) is 0.766. The maximum atomic E-state index is 12.1. The van der Waals surface area contributed by atoms with E-state index in [1.807, 2.05) is 27.8 Å². The summed E-state index contributed by atoms with van der Waals surface area (Å²) in [7, 11) is 14.6. The molecule has 0 saturated heterocycles. The molecule has 6 aromatic carbocycles. The van der Waals surface area contributed by atoms with Gasteiger partial charge in [-0.25, -0.2) is 0 Å². The molecule has 0 bridgehead atoms. The van der Waals surface area contributed by atoms with Crippen molar-refractivity contribution in [2.75, 3.05) is 223 Å². The van der Waals surface area contributed by atoms with Gasteiger partial charge in [0.2, 0.25) is 32.6 Å². The molecule has 0 amide bonds. The van der Waals surface area contributed by atoms with Crippen molar-refractivity contribution in [3.63, 3.8) is 0 Å². The third-order valence-corrected chi connectivity index (χ3v) is 25.2. The monoisotopic (exact) mass is 1840 g/mol. The van der Waals surface area contributed by atoms with Gasteiger partial charge in [0.05, 0.1) is 47.3 Å². The van der Waals surface area contributed by atoms with Crippen molar-refractivity contribution in [2.24, 2.45) is 5.73 Å². The maximum Gasteiger partial charge on any atom is 0.204 e. The summed E-state index contributed by atoms with van der Waals surface area (Å²) in [6.07, 6.45) is 16.4. The Morgan fingerprint density at radius 2 is 0.508 bits per heavy atom. The number of unbranched alkanes of at least 4 members (excludes halogenated alkanes) is 5. The van der Waals surface area contributed by atoms with E-state index in [9.17, 15) is 28.8 Å². The van der Waals surface area contributed by atoms with Crippen LogP contribution in [-0.2, 0) is 37.2 Å². The summed E-state index contributed by atoms with van der Waals surface area (Å²) < 4.78 is 8.26. The van der Waals surface area contributed by atoms with Crippen molar-refractivity contribution < 1.29 is 4.74 Å². The normalized spacial score (nSPS) is 12.3. The second kappa shape index (κ2) is 55.6. The lowest BCUT2D eigenvalue weighted by atomic mass is 9.82. The maximum absolute atomic E-state index is 12.1. The van der Waals surface area contributed by atoms with Gasteiger partial charge in [-0.1, -0.05) is 253 Å². The molecule has 6 aromatic rings. The number of nitrogens with one attached hydrogen (secondary N) is 1. The van der Waals surface area contributed by atoms with E-state index in [0.717, 1.165) is 191 Å². The molecule has 0 aliphatic heterocycles. The van der Waals surface area contributed by atoms with Gasteiger partial charge in [-0.15, -0.1) is 0 Å². The molecule has 708 valence electrons. The van der Waals surface area contributed by atoms with Crippen LogP contribution in [0.15, 0.2) is 28.8 Å². The predicted molar refractivity (Wildman–Crippen MR) is 557 cm³/mol. The van der Waals surface area contributed by atoms with Crippen LogP contribution < -0.4 is 68.1 Å². The van der Waals surface area contributed by atoms with E-state index in [0.29, 0.717) is 53.4 Å². The Bertz CT molecular complexity index is 4560. The topological polar surface area (TPSA) is 182 Å². The Morgan fingerprint density at radius 3 is 0.758 bits per heavy atom. The van der Waals surface area contributed by atoms with Crippen LogP contribution in [0.4, 0.5) is 34.1 Å². The first-order valence-corrected chi connectivity index (χ1v) is 49.1. The molecule has 3 N–H and O–H groups in total. The highest BCUT2D eigenvalue weighted by atomic mass is 32.1. The molecular weight excluding hydrogens is 1660 g/mol. The average molecular weight is 1840 g/mol. The van der Waals surface area contributed by atoms with E-state index in [2.05, 4.69) is 256 Å². The molecule has 25 heteroatoms. The lowest BCUT2D eigenvalue weighted by molar-refractivity contribution is 0.151. The Labute approximate surface area is 784 Å². The van der Waals surface area contributed by atoms with E-state index in [1.54, 1.807) is 0 Å². The van der Waals surface area contributed by atoms with Crippen LogP contribution in [0, 0.1) is 27.1 Å². The molecule has 0 atom stereocenters. The fourth-order valence-electron chi connectivity index (χ4n) is 15.9. The molecule has 0 aromatic heterocycles. The number of hydrogen-bond donors (Lipinski definition) is 2. The number of nitrogens with zero attached hydrogens (tertiary/aromatic N) is 10. The molecule has 6 rings (SSSR count). The molecule has 0 aliphatic carbocycles. The summed E-state index contributed by atoms with van der Waals surface area (Å²) in [4.78, 5) is 94.7. The van der Waals surface area contributed by atoms with Crippen LogP contribution in [0.25, 0.3) is 0 Å². The van der Waals surface area contributed by atoms with Gasteiger partial charge in [0.1, 0.15) is 27.1 Å². The Balaban J connectivity index is 0.000000745. The van der Waals surface area contributed by atoms with E-state index < -0.39 is 0 Å². The Hall–Kier alpha value is -4.48. The molecule has 0 spiro atoms. The molecular formula is C99H174N12O7S6. The fourth-order valence-corrected chi connectivity index (χ4v) is 18.0. The van der Waals surface area contributed by atoms with Crippen molar-refractivity contribution in [3.05, 3.63) is 122 Å².